The van der Waals surface area contributed by atoms with E-state index in [1.54, 1.807) is 13.0 Å². The van der Waals surface area contributed by atoms with Crippen molar-refractivity contribution in [3.63, 3.8) is 0 Å². The second-order valence-corrected chi connectivity index (χ2v) is 7.05. The topological polar surface area (TPSA) is 208 Å². The SMILES string of the molecule is C/C=C1\CN(C(=O)[C@@H](N)[C@H]2O[C@@H](n3cc(CO)c(=O)[nH]c3=O)[C@H](O)[C@@H]2O)[C@@H]1C(=O)O. The number of carboxylic acids is 1. The lowest BCUT2D eigenvalue weighted by molar-refractivity contribution is -0.155. The first kappa shape index (κ1) is 21.9. The maximum atomic E-state index is 12.7. The second kappa shape index (κ2) is 8.12. The van der Waals surface area contributed by atoms with E-state index >= 15 is 0 Å². The number of amides is 1. The molecule has 0 radical (unpaired) electrons. The summed E-state index contributed by atoms with van der Waals surface area (Å²) in [6, 6.07) is -2.71. The van der Waals surface area contributed by atoms with Crippen LogP contribution in [0, 0.1) is 0 Å². The predicted octanol–water partition coefficient (Wildman–Crippen LogP) is -3.78. The minimum Gasteiger partial charge on any atom is -0.479 e. The average molecular weight is 426 g/mol. The summed E-state index contributed by atoms with van der Waals surface area (Å²) in [5.74, 6) is -2.05. The quantitative estimate of drug-likeness (QED) is 0.253. The molecule has 30 heavy (non-hydrogen) atoms. The number of nitrogens with zero attached hydrogens (tertiary/aromatic N) is 2. The lowest BCUT2D eigenvalue weighted by atomic mass is 9.92. The van der Waals surface area contributed by atoms with E-state index in [2.05, 4.69) is 0 Å². The number of ether oxygens (including phenoxy) is 1. The molecule has 6 atom stereocenters. The number of carbonyl (C=O) groups excluding carboxylic acids is 1. The lowest BCUT2D eigenvalue weighted by Crippen LogP contribution is -2.63. The Bertz CT molecular complexity index is 1000. The van der Waals surface area contributed by atoms with Gasteiger partial charge in [0.1, 0.15) is 24.4 Å². The molecule has 164 valence electrons. The van der Waals surface area contributed by atoms with Crippen LogP contribution in [-0.4, -0.2) is 83.7 Å². The van der Waals surface area contributed by atoms with Gasteiger partial charge in [0.05, 0.1) is 12.2 Å². The Balaban J connectivity index is 1.83. The first-order chi connectivity index (χ1) is 14.1. The molecule has 1 aromatic heterocycles. The van der Waals surface area contributed by atoms with Gasteiger partial charge in [0.25, 0.3) is 5.56 Å². The third kappa shape index (κ3) is 3.46. The number of nitrogens with two attached hydrogens (primary N) is 1. The molecule has 13 nitrogen and oxygen atoms in total. The molecule has 2 aliphatic heterocycles. The molecule has 3 rings (SSSR count). The molecule has 13 heteroatoms. The van der Waals surface area contributed by atoms with Crippen LogP contribution in [0.1, 0.15) is 18.7 Å². The van der Waals surface area contributed by atoms with Crippen LogP contribution in [0.2, 0.25) is 0 Å². The number of H-pyrrole nitrogens is 1. The zero-order valence-corrected chi connectivity index (χ0v) is 15.8. The maximum Gasteiger partial charge on any atom is 0.330 e. The van der Waals surface area contributed by atoms with Crippen LogP contribution in [0.25, 0.3) is 0 Å². The van der Waals surface area contributed by atoms with E-state index in [4.69, 9.17) is 10.5 Å². The number of hydrogen-bond acceptors (Lipinski definition) is 9. The number of carbonyl (C=O) groups is 2. The molecule has 0 aliphatic carbocycles. The third-order valence-corrected chi connectivity index (χ3v) is 5.30. The van der Waals surface area contributed by atoms with Crippen molar-refractivity contribution in [3.8, 4) is 0 Å². The van der Waals surface area contributed by atoms with Gasteiger partial charge in [0.15, 0.2) is 12.3 Å². The van der Waals surface area contributed by atoms with E-state index in [1.165, 1.54) is 0 Å². The first-order valence-electron chi connectivity index (χ1n) is 9.03. The molecule has 0 spiro atoms. The van der Waals surface area contributed by atoms with Gasteiger partial charge in [-0.15, -0.1) is 0 Å². The number of aromatic amines is 1. The highest BCUT2D eigenvalue weighted by Crippen LogP contribution is 2.32. The number of carboxylic acid groups (broad SMARTS) is 1. The van der Waals surface area contributed by atoms with Crippen molar-refractivity contribution in [2.24, 2.45) is 5.73 Å². The smallest absolute Gasteiger partial charge is 0.330 e. The zero-order chi connectivity index (χ0) is 22.3. The van der Waals surface area contributed by atoms with Crippen molar-refractivity contribution in [2.75, 3.05) is 6.54 Å². The van der Waals surface area contributed by atoms with Gasteiger partial charge in [-0.2, -0.15) is 0 Å². The molecule has 2 aliphatic rings. The summed E-state index contributed by atoms with van der Waals surface area (Å²) in [5.41, 5.74) is 4.44. The summed E-state index contributed by atoms with van der Waals surface area (Å²) >= 11 is 0. The van der Waals surface area contributed by atoms with Crippen molar-refractivity contribution >= 4 is 11.9 Å². The number of aliphatic carboxylic acids is 1. The van der Waals surface area contributed by atoms with E-state index in [-0.39, 0.29) is 12.1 Å². The molecule has 0 bridgehead atoms. The third-order valence-electron chi connectivity index (χ3n) is 5.30. The normalized spacial score (nSPS) is 30.9. The fourth-order valence-corrected chi connectivity index (χ4v) is 3.58. The maximum absolute atomic E-state index is 12.7. The molecule has 1 aromatic rings. The molecule has 1 amide bonds. The lowest BCUT2D eigenvalue weighted by Gasteiger charge is -2.42. The van der Waals surface area contributed by atoms with Crippen LogP contribution in [0.3, 0.4) is 0 Å². The van der Waals surface area contributed by atoms with Crippen LogP contribution >= 0.6 is 0 Å². The van der Waals surface area contributed by atoms with Crippen molar-refractivity contribution in [3.05, 3.63) is 44.2 Å². The van der Waals surface area contributed by atoms with Crippen molar-refractivity contribution in [2.45, 2.75) is 50.2 Å². The Morgan fingerprint density at radius 3 is 2.60 bits per heavy atom. The molecule has 7 N–H and O–H groups in total. The van der Waals surface area contributed by atoms with Crippen molar-refractivity contribution < 1.29 is 34.8 Å². The highest BCUT2D eigenvalue weighted by Gasteiger charge is 2.51. The molecular formula is C17H22N4O9. The fraction of sp³-hybridized carbons (Fsp3) is 0.529. The van der Waals surface area contributed by atoms with E-state index in [9.17, 15) is 39.6 Å². The van der Waals surface area contributed by atoms with Gasteiger partial charge >= 0.3 is 11.7 Å². The van der Waals surface area contributed by atoms with Gasteiger partial charge in [-0.3, -0.25) is 19.1 Å². The highest BCUT2D eigenvalue weighted by molar-refractivity contribution is 5.92. The Morgan fingerprint density at radius 2 is 2.03 bits per heavy atom. The molecule has 2 fully saturated rings. The minimum absolute atomic E-state index is 0.0496. The number of aromatic nitrogens is 2. The molecule has 2 saturated heterocycles. The van der Waals surface area contributed by atoms with Crippen LogP contribution in [0.5, 0.6) is 0 Å². The van der Waals surface area contributed by atoms with Crippen LogP contribution in [0.4, 0.5) is 0 Å². The summed E-state index contributed by atoms with van der Waals surface area (Å²) in [7, 11) is 0. The van der Waals surface area contributed by atoms with Crippen molar-refractivity contribution in [1.29, 1.82) is 0 Å². The average Bonchev–Trinajstić information content (AvgIpc) is 2.95. The van der Waals surface area contributed by atoms with Gasteiger partial charge in [0, 0.05) is 12.7 Å². The number of allylic oxidation sites excluding steroid dienone is 1. The summed E-state index contributed by atoms with van der Waals surface area (Å²) in [6.07, 6.45) is -3.80. The number of nitrogens with one attached hydrogen (secondary N) is 1. The molecule has 3 heterocycles. The summed E-state index contributed by atoms with van der Waals surface area (Å²) < 4.78 is 6.23. The molecule has 0 unspecified atom stereocenters. The number of aliphatic hydroxyl groups is 3. The van der Waals surface area contributed by atoms with Crippen LogP contribution < -0.4 is 17.0 Å². The minimum atomic E-state index is -1.69. The van der Waals surface area contributed by atoms with E-state index in [1.807, 2.05) is 4.98 Å². The number of hydrogen-bond donors (Lipinski definition) is 6. The van der Waals surface area contributed by atoms with Crippen molar-refractivity contribution in [1.82, 2.24) is 14.5 Å². The van der Waals surface area contributed by atoms with Gasteiger partial charge < -0.3 is 35.8 Å². The van der Waals surface area contributed by atoms with E-state index < -0.39 is 66.4 Å². The predicted molar refractivity (Wildman–Crippen MR) is 98.0 cm³/mol. The molecule has 0 aromatic carbocycles. The Hall–Kier alpha value is -2.84. The van der Waals surface area contributed by atoms with E-state index in [0.29, 0.717) is 5.57 Å². The monoisotopic (exact) mass is 426 g/mol. The molecule has 0 saturated carbocycles. The number of aliphatic hydroxyl groups excluding tert-OH is 3. The van der Waals surface area contributed by atoms with Crippen LogP contribution in [-0.2, 0) is 20.9 Å². The largest absolute Gasteiger partial charge is 0.479 e. The zero-order valence-electron chi connectivity index (χ0n) is 15.8. The number of likely N-dealkylation sites (tertiary alicyclic amines) is 1. The fourth-order valence-electron chi connectivity index (χ4n) is 3.58. The van der Waals surface area contributed by atoms with Gasteiger partial charge in [-0.25, -0.2) is 9.59 Å². The Morgan fingerprint density at radius 1 is 1.37 bits per heavy atom. The van der Waals surface area contributed by atoms with Gasteiger partial charge in [-0.1, -0.05) is 6.08 Å². The first-order valence-corrected chi connectivity index (χ1v) is 9.03. The summed E-state index contributed by atoms with van der Waals surface area (Å²) in [4.78, 5) is 50.7. The standard InChI is InChI=1S/C17H22N4O9/c1-2-6-3-20(9(6)16(27)28)14(26)8(18)12-10(23)11(24)15(30-12)21-4-7(5-22)13(25)19-17(21)29/h2,4,8-12,15,22-24H,3,5,18H2,1H3,(H,27,28)(H,19,25,29)/b6-2+/t8-,9-,10-,11+,12+,15+/m0/s1. The Kier molecular flexibility index (Phi) is 5.92. The van der Waals surface area contributed by atoms with E-state index in [0.717, 1.165) is 15.7 Å². The van der Waals surface area contributed by atoms with Crippen LogP contribution in [0.15, 0.2) is 27.4 Å². The second-order valence-electron chi connectivity index (χ2n) is 7.05. The van der Waals surface area contributed by atoms with Gasteiger partial charge in [-0.05, 0) is 12.5 Å². The summed E-state index contributed by atoms with van der Waals surface area (Å²) in [5, 5.41) is 39.2. The number of rotatable bonds is 5. The van der Waals surface area contributed by atoms with Gasteiger partial charge in [0.2, 0.25) is 5.91 Å². The Labute approximate surface area is 168 Å². The highest BCUT2D eigenvalue weighted by atomic mass is 16.6. The molecular weight excluding hydrogens is 404 g/mol. The summed E-state index contributed by atoms with van der Waals surface area (Å²) in [6.45, 7) is 0.996.